The quantitative estimate of drug-likeness (QED) is 0.453. The summed E-state index contributed by atoms with van der Waals surface area (Å²) in [6.07, 6.45) is 5.39. The van der Waals surface area contributed by atoms with Crippen LogP contribution in [0.1, 0.15) is 37.8 Å². The van der Waals surface area contributed by atoms with Gasteiger partial charge in [-0.15, -0.1) is 0 Å². The highest BCUT2D eigenvalue weighted by molar-refractivity contribution is 7.99. The van der Waals surface area contributed by atoms with Crippen LogP contribution in [0.4, 0.5) is 0 Å². The molecule has 0 bridgehead atoms. The highest BCUT2D eigenvalue weighted by Crippen LogP contribution is 2.16. The lowest BCUT2D eigenvalue weighted by Crippen LogP contribution is -2.19. The van der Waals surface area contributed by atoms with Crippen molar-refractivity contribution in [3.05, 3.63) is 65.4 Å². The first kappa shape index (κ1) is 18.9. The monoisotopic (exact) mass is 353 g/mol. The van der Waals surface area contributed by atoms with Crippen molar-refractivity contribution in [1.29, 1.82) is 0 Å². The first-order valence-corrected chi connectivity index (χ1v) is 9.17. The Kier molecular flexibility index (Phi) is 7.41. The lowest BCUT2D eigenvalue weighted by Gasteiger charge is -2.05. The molecule has 25 heavy (non-hydrogen) atoms. The summed E-state index contributed by atoms with van der Waals surface area (Å²) in [7, 11) is 0. The molecule has 1 N–H and O–H groups in total. The Morgan fingerprint density at radius 3 is 2.64 bits per heavy atom. The van der Waals surface area contributed by atoms with E-state index in [1.807, 2.05) is 31.2 Å². The number of amides is 1. The van der Waals surface area contributed by atoms with Crippen molar-refractivity contribution < 1.29 is 4.79 Å². The minimum Gasteiger partial charge on any atom is -0.272 e. The van der Waals surface area contributed by atoms with E-state index < -0.39 is 0 Å². The van der Waals surface area contributed by atoms with Gasteiger partial charge in [0.1, 0.15) is 0 Å². The summed E-state index contributed by atoms with van der Waals surface area (Å²) in [5.41, 5.74) is 5.94. The minimum absolute atomic E-state index is 0.152. The number of rotatable bonds is 7. The number of thioether (sulfide) groups is 1. The molecule has 0 atom stereocenters. The van der Waals surface area contributed by atoms with Crippen molar-refractivity contribution in [3.63, 3.8) is 0 Å². The number of allylic oxidation sites excluding steroid dienone is 1. The van der Waals surface area contributed by atoms with Crippen molar-refractivity contribution in [2.75, 3.05) is 5.75 Å². The summed E-state index contributed by atoms with van der Waals surface area (Å²) >= 11 is 1.38. The minimum atomic E-state index is -0.152. The second-order valence-corrected chi connectivity index (χ2v) is 6.96. The Bertz CT molecular complexity index is 737. The van der Waals surface area contributed by atoms with E-state index >= 15 is 0 Å². The smallest absolute Gasteiger partial charge is 0.250 e. The summed E-state index contributed by atoms with van der Waals surface area (Å²) in [5.74, 6) is 0.661. The highest BCUT2D eigenvalue weighted by atomic mass is 32.2. The van der Waals surface area contributed by atoms with Gasteiger partial charge in [0, 0.05) is 6.20 Å². The number of carbonyl (C=O) groups excluding carboxylic acids is 1. The first-order valence-electron chi connectivity index (χ1n) is 8.18. The molecule has 1 aromatic carbocycles. The average Bonchev–Trinajstić information content (AvgIpc) is 2.61. The zero-order chi connectivity index (χ0) is 18.1. The number of hydrogen-bond acceptors (Lipinski definition) is 4. The lowest BCUT2D eigenvalue weighted by atomic mass is 10.0. The van der Waals surface area contributed by atoms with E-state index in [2.05, 4.69) is 53.6 Å². The number of nitrogens with one attached hydrogen (secondary N) is 1. The Morgan fingerprint density at radius 1 is 1.24 bits per heavy atom. The molecule has 0 aliphatic rings. The molecule has 1 heterocycles. The number of nitrogens with zero attached hydrogens (tertiary/aromatic N) is 2. The molecule has 0 aliphatic carbocycles. The molecule has 2 rings (SSSR count). The number of hydrazone groups is 1. The predicted molar refractivity (Wildman–Crippen MR) is 106 cm³/mol. The summed E-state index contributed by atoms with van der Waals surface area (Å²) in [4.78, 5) is 15.9. The van der Waals surface area contributed by atoms with Crippen LogP contribution in [0.15, 0.2) is 64.4 Å². The van der Waals surface area contributed by atoms with Crippen LogP contribution in [0.3, 0.4) is 0 Å². The molecule has 0 saturated heterocycles. The number of benzene rings is 1. The third-order valence-corrected chi connectivity index (χ3v) is 4.39. The van der Waals surface area contributed by atoms with E-state index in [9.17, 15) is 4.79 Å². The lowest BCUT2D eigenvalue weighted by molar-refractivity contribution is -0.118. The number of carbonyl (C=O) groups is 1. The first-order chi connectivity index (χ1) is 12.0. The van der Waals surface area contributed by atoms with Crippen LogP contribution in [0.25, 0.3) is 6.08 Å². The second-order valence-electron chi connectivity index (χ2n) is 5.96. The van der Waals surface area contributed by atoms with Crippen LogP contribution < -0.4 is 5.43 Å². The SMILES string of the molecule is CC(/C=N\NC(=O)CSc1ccccn1)=C/c1ccc(C(C)C)cc1. The van der Waals surface area contributed by atoms with Gasteiger partial charge in [-0.2, -0.15) is 5.10 Å². The third-order valence-electron chi connectivity index (χ3n) is 3.44. The van der Waals surface area contributed by atoms with E-state index in [0.29, 0.717) is 5.92 Å². The maximum atomic E-state index is 11.8. The second kappa shape index (κ2) is 9.79. The summed E-state index contributed by atoms with van der Waals surface area (Å²) in [6, 6.07) is 14.1. The van der Waals surface area contributed by atoms with Crippen molar-refractivity contribution in [1.82, 2.24) is 10.4 Å². The van der Waals surface area contributed by atoms with Gasteiger partial charge in [0.2, 0.25) is 5.91 Å². The molecule has 5 heteroatoms. The standard InChI is InChI=1S/C20H23N3OS/c1-15(2)18-9-7-17(8-10-18)12-16(3)13-22-23-19(24)14-25-20-6-4-5-11-21-20/h4-13,15H,14H2,1-3H3,(H,23,24)/b16-12-,22-13-. The van der Waals surface area contributed by atoms with Crippen LogP contribution >= 0.6 is 11.8 Å². The van der Waals surface area contributed by atoms with Crippen molar-refractivity contribution in [2.24, 2.45) is 5.10 Å². The van der Waals surface area contributed by atoms with Gasteiger partial charge in [0.25, 0.3) is 0 Å². The number of hydrogen-bond donors (Lipinski definition) is 1. The van der Waals surface area contributed by atoms with Gasteiger partial charge >= 0.3 is 0 Å². The molecule has 2 aromatic rings. The predicted octanol–water partition coefficient (Wildman–Crippen LogP) is 4.50. The number of pyridine rings is 1. The zero-order valence-electron chi connectivity index (χ0n) is 14.8. The molecule has 130 valence electrons. The molecule has 4 nitrogen and oxygen atoms in total. The van der Waals surface area contributed by atoms with E-state index in [1.54, 1.807) is 12.4 Å². The molecule has 0 unspecified atom stereocenters. The van der Waals surface area contributed by atoms with Gasteiger partial charge < -0.3 is 0 Å². The topological polar surface area (TPSA) is 54.4 Å². The summed E-state index contributed by atoms with van der Waals surface area (Å²) < 4.78 is 0. The van der Waals surface area contributed by atoms with Crippen LogP contribution in [0.2, 0.25) is 0 Å². The normalized spacial score (nSPS) is 11.9. The van der Waals surface area contributed by atoms with E-state index in [0.717, 1.165) is 16.2 Å². The Hall–Kier alpha value is -2.40. The maximum absolute atomic E-state index is 11.8. The van der Waals surface area contributed by atoms with Crippen LogP contribution in [0, 0.1) is 0 Å². The van der Waals surface area contributed by atoms with Crippen molar-refractivity contribution >= 4 is 30.0 Å². The maximum Gasteiger partial charge on any atom is 0.250 e. The van der Waals surface area contributed by atoms with E-state index in [1.165, 1.54) is 17.3 Å². The molecule has 0 spiro atoms. The van der Waals surface area contributed by atoms with Crippen molar-refractivity contribution in [3.8, 4) is 0 Å². The van der Waals surface area contributed by atoms with Gasteiger partial charge in [-0.25, -0.2) is 10.4 Å². The van der Waals surface area contributed by atoms with E-state index in [-0.39, 0.29) is 11.7 Å². The van der Waals surface area contributed by atoms with Gasteiger partial charge in [-0.1, -0.05) is 62.0 Å². The molecule has 1 amide bonds. The molecule has 0 saturated carbocycles. The third kappa shape index (κ3) is 6.93. The highest BCUT2D eigenvalue weighted by Gasteiger charge is 2.01. The van der Waals surface area contributed by atoms with Crippen molar-refractivity contribution in [2.45, 2.75) is 31.7 Å². The average molecular weight is 353 g/mol. The zero-order valence-corrected chi connectivity index (χ0v) is 15.6. The Balaban J connectivity index is 1.80. The molecule has 0 fully saturated rings. The van der Waals surface area contributed by atoms with Crippen LogP contribution in [-0.4, -0.2) is 22.9 Å². The molecular formula is C20H23N3OS. The van der Waals surface area contributed by atoms with Crippen LogP contribution in [-0.2, 0) is 4.79 Å². The largest absolute Gasteiger partial charge is 0.272 e. The fraction of sp³-hybridized carbons (Fsp3) is 0.250. The molecule has 0 aliphatic heterocycles. The Morgan fingerprint density at radius 2 is 2.00 bits per heavy atom. The molecule has 0 radical (unpaired) electrons. The fourth-order valence-corrected chi connectivity index (χ4v) is 2.74. The van der Waals surface area contributed by atoms with Crippen LogP contribution in [0.5, 0.6) is 0 Å². The molecule has 1 aromatic heterocycles. The van der Waals surface area contributed by atoms with E-state index in [4.69, 9.17) is 0 Å². The number of aromatic nitrogens is 1. The van der Waals surface area contributed by atoms with Gasteiger partial charge in [0.15, 0.2) is 0 Å². The van der Waals surface area contributed by atoms with Gasteiger partial charge in [-0.3, -0.25) is 4.79 Å². The van der Waals surface area contributed by atoms with Gasteiger partial charge in [-0.05, 0) is 41.7 Å². The summed E-state index contributed by atoms with van der Waals surface area (Å²) in [6.45, 7) is 6.31. The van der Waals surface area contributed by atoms with Gasteiger partial charge in [0.05, 0.1) is 17.0 Å². The Labute approximate surface area is 153 Å². The fourth-order valence-electron chi connectivity index (χ4n) is 2.09. The molecular weight excluding hydrogens is 330 g/mol. The summed E-state index contributed by atoms with van der Waals surface area (Å²) in [5, 5.41) is 4.82.